The smallest absolute Gasteiger partial charge is 0.338 e. The molecule has 2 atom stereocenters. The minimum atomic E-state index is -0.537. The number of ether oxygens (including phenoxy) is 2. The summed E-state index contributed by atoms with van der Waals surface area (Å²) in [6, 6.07) is 5.24. The van der Waals surface area contributed by atoms with Gasteiger partial charge < -0.3 is 9.47 Å². The lowest BCUT2D eigenvalue weighted by atomic mass is 9.87. The van der Waals surface area contributed by atoms with Crippen LogP contribution in [0.3, 0.4) is 0 Å². The number of esters is 2. The number of hydrogen-bond acceptors (Lipinski definition) is 6. The molecule has 2 rings (SSSR count). The lowest BCUT2D eigenvalue weighted by Gasteiger charge is -2.27. The number of nitrogens with zero attached hydrogens (tertiary/aromatic N) is 1. The molecule has 0 aliphatic heterocycles. The molecule has 0 amide bonds. The Bertz CT molecular complexity index is 568. The van der Waals surface area contributed by atoms with E-state index in [9.17, 15) is 19.7 Å². The molecule has 1 aliphatic carbocycles. The van der Waals surface area contributed by atoms with Gasteiger partial charge >= 0.3 is 11.9 Å². The van der Waals surface area contributed by atoms with E-state index in [1.54, 1.807) is 0 Å². The maximum absolute atomic E-state index is 12.0. The highest BCUT2D eigenvalue weighted by Gasteiger charge is 2.30. The largest absolute Gasteiger partial charge is 0.469 e. The van der Waals surface area contributed by atoms with Gasteiger partial charge in [0.25, 0.3) is 5.69 Å². The Morgan fingerprint density at radius 3 is 2.50 bits per heavy atom. The standard InChI is InChI=1S/C15H17NO6/c1-21-14(17)11-3-2-4-13(9-11)22-15(18)10-5-7-12(8-6-10)16(19)20/h5-8,11,13H,2-4,9H2,1H3/t11-,13-/m0/s1. The summed E-state index contributed by atoms with van der Waals surface area (Å²) in [5, 5.41) is 10.6. The molecule has 0 unspecified atom stereocenters. The third kappa shape index (κ3) is 3.81. The Kier molecular flexibility index (Phi) is 5.08. The summed E-state index contributed by atoms with van der Waals surface area (Å²) in [5.74, 6) is -1.06. The van der Waals surface area contributed by atoms with Crippen molar-refractivity contribution in [2.24, 2.45) is 5.92 Å². The first-order valence-electron chi connectivity index (χ1n) is 7.04. The fourth-order valence-electron chi connectivity index (χ4n) is 2.57. The summed E-state index contributed by atoms with van der Waals surface area (Å²) in [7, 11) is 1.34. The molecule has 7 nitrogen and oxygen atoms in total. The molecule has 0 heterocycles. The molecule has 22 heavy (non-hydrogen) atoms. The van der Waals surface area contributed by atoms with Gasteiger partial charge in [0, 0.05) is 12.1 Å². The Labute approximate surface area is 127 Å². The third-order valence-electron chi connectivity index (χ3n) is 3.75. The van der Waals surface area contributed by atoms with Crippen LogP contribution in [0, 0.1) is 16.0 Å². The van der Waals surface area contributed by atoms with Gasteiger partial charge in [-0.1, -0.05) is 0 Å². The van der Waals surface area contributed by atoms with Crippen molar-refractivity contribution >= 4 is 17.6 Å². The molecule has 0 saturated heterocycles. The average molecular weight is 307 g/mol. The van der Waals surface area contributed by atoms with Gasteiger partial charge in [0.2, 0.25) is 0 Å². The monoisotopic (exact) mass is 307 g/mol. The lowest BCUT2D eigenvalue weighted by Crippen LogP contribution is -2.30. The van der Waals surface area contributed by atoms with Gasteiger partial charge in [-0.3, -0.25) is 14.9 Å². The second-order valence-electron chi connectivity index (χ2n) is 5.22. The maximum atomic E-state index is 12.0. The van der Waals surface area contributed by atoms with E-state index in [0.717, 1.165) is 12.8 Å². The summed E-state index contributed by atoms with van der Waals surface area (Å²) in [6.07, 6.45) is 2.34. The van der Waals surface area contributed by atoms with Crippen LogP contribution >= 0.6 is 0 Å². The molecule has 1 fully saturated rings. The molecule has 0 aromatic heterocycles. The van der Waals surface area contributed by atoms with Gasteiger partial charge in [-0.2, -0.15) is 0 Å². The van der Waals surface area contributed by atoms with Gasteiger partial charge in [-0.25, -0.2) is 4.79 Å². The first kappa shape index (κ1) is 15.9. The molecule has 7 heteroatoms. The minimum Gasteiger partial charge on any atom is -0.469 e. The molecular formula is C15H17NO6. The fourth-order valence-corrected chi connectivity index (χ4v) is 2.57. The molecular weight excluding hydrogens is 290 g/mol. The molecule has 1 aliphatic rings. The Hall–Kier alpha value is -2.44. The molecule has 0 radical (unpaired) electrons. The van der Waals surface area contributed by atoms with E-state index < -0.39 is 10.9 Å². The van der Waals surface area contributed by atoms with Crippen molar-refractivity contribution in [2.45, 2.75) is 31.8 Å². The van der Waals surface area contributed by atoms with Crippen molar-refractivity contribution < 1.29 is 24.0 Å². The first-order valence-corrected chi connectivity index (χ1v) is 7.04. The fraction of sp³-hybridized carbons (Fsp3) is 0.467. The third-order valence-corrected chi connectivity index (χ3v) is 3.75. The molecule has 0 bridgehead atoms. The normalized spacial score (nSPS) is 21.0. The zero-order valence-electron chi connectivity index (χ0n) is 12.2. The Morgan fingerprint density at radius 2 is 1.91 bits per heavy atom. The van der Waals surface area contributed by atoms with E-state index >= 15 is 0 Å². The summed E-state index contributed by atoms with van der Waals surface area (Å²) >= 11 is 0. The summed E-state index contributed by atoms with van der Waals surface area (Å²) < 4.78 is 10.1. The summed E-state index contributed by atoms with van der Waals surface area (Å²) in [4.78, 5) is 33.6. The molecule has 1 aromatic carbocycles. The molecule has 118 valence electrons. The predicted octanol–water partition coefficient (Wildman–Crippen LogP) is 2.48. The van der Waals surface area contributed by atoms with Crippen LogP contribution < -0.4 is 0 Å². The topological polar surface area (TPSA) is 95.7 Å². The van der Waals surface area contributed by atoms with Gasteiger partial charge in [0.1, 0.15) is 6.10 Å². The van der Waals surface area contributed by atoms with Crippen molar-refractivity contribution in [3.8, 4) is 0 Å². The maximum Gasteiger partial charge on any atom is 0.338 e. The van der Waals surface area contributed by atoms with E-state index in [4.69, 9.17) is 9.47 Å². The highest BCUT2D eigenvalue weighted by Crippen LogP contribution is 2.28. The Morgan fingerprint density at radius 1 is 1.23 bits per heavy atom. The summed E-state index contributed by atoms with van der Waals surface area (Å²) in [5.41, 5.74) is 0.172. The predicted molar refractivity (Wildman–Crippen MR) is 76.3 cm³/mol. The highest BCUT2D eigenvalue weighted by atomic mass is 16.6. The summed E-state index contributed by atoms with van der Waals surface area (Å²) in [6.45, 7) is 0. The zero-order chi connectivity index (χ0) is 16.1. The van der Waals surface area contributed by atoms with Gasteiger partial charge in [0.05, 0.1) is 23.5 Å². The number of nitro groups is 1. The van der Waals surface area contributed by atoms with Crippen molar-refractivity contribution in [3.63, 3.8) is 0 Å². The van der Waals surface area contributed by atoms with E-state index in [0.29, 0.717) is 12.8 Å². The molecule has 1 saturated carbocycles. The lowest BCUT2D eigenvalue weighted by molar-refractivity contribution is -0.384. The number of rotatable bonds is 4. The minimum absolute atomic E-state index is 0.0834. The van der Waals surface area contributed by atoms with Crippen LogP contribution in [0.4, 0.5) is 5.69 Å². The van der Waals surface area contributed by atoms with Crippen molar-refractivity contribution in [1.29, 1.82) is 0 Å². The molecule has 0 spiro atoms. The average Bonchev–Trinajstić information content (AvgIpc) is 2.54. The quantitative estimate of drug-likeness (QED) is 0.481. The van der Waals surface area contributed by atoms with E-state index in [-0.39, 0.29) is 29.2 Å². The molecule has 1 aromatic rings. The van der Waals surface area contributed by atoms with E-state index in [2.05, 4.69) is 0 Å². The number of hydrogen-bond donors (Lipinski definition) is 0. The highest BCUT2D eigenvalue weighted by molar-refractivity contribution is 5.89. The second kappa shape index (κ2) is 7.02. The van der Waals surface area contributed by atoms with Crippen LogP contribution in [0.25, 0.3) is 0 Å². The van der Waals surface area contributed by atoms with Crippen molar-refractivity contribution in [1.82, 2.24) is 0 Å². The number of carbonyl (C=O) groups is 2. The van der Waals surface area contributed by atoms with E-state index in [1.165, 1.54) is 31.4 Å². The number of benzene rings is 1. The van der Waals surface area contributed by atoms with Crippen LogP contribution in [0.2, 0.25) is 0 Å². The first-order chi connectivity index (χ1) is 10.5. The van der Waals surface area contributed by atoms with Crippen molar-refractivity contribution in [3.05, 3.63) is 39.9 Å². The zero-order valence-corrected chi connectivity index (χ0v) is 12.2. The SMILES string of the molecule is COC(=O)[C@H]1CCC[C@H](OC(=O)c2ccc([N+](=O)[O-])cc2)C1. The van der Waals surface area contributed by atoms with Crippen LogP contribution in [0.1, 0.15) is 36.0 Å². The van der Waals surface area contributed by atoms with Gasteiger partial charge in [-0.15, -0.1) is 0 Å². The number of nitro benzene ring substituents is 1. The second-order valence-corrected chi connectivity index (χ2v) is 5.22. The van der Waals surface area contributed by atoms with Crippen LogP contribution in [-0.2, 0) is 14.3 Å². The number of non-ortho nitro benzene ring substituents is 1. The van der Waals surface area contributed by atoms with Gasteiger partial charge in [-0.05, 0) is 37.8 Å². The number of carbonyl (C=O) groups excluding carboxylic acids is 2. The Balaban J connectivity index is 1.96. The van der Waals surface area contributed by atoms with Crippen LogP contribution in [-0.4, -0.2) is 30.1 Å². The van der Waals surface area contributed by atoms with Crippen LogP contribution in [0.5, 0.6) is 0 Å². The van der Waals surface area contributed by atoms with Gasteiger partial charge in [0.15, 0.2) is 0 Å². The van der Waals surface area contributed by atoms with Crippen molar-refractivity contribution in [2.75, 3.05) is 7.11 Å². The number of methoxy groups -OCH3 is 1. The van der Waals surface area contributed by atoms with E-state index in [1.807, 2.05) is 0 Å². The molecule has 0 N–H and O–H groups in total. The van der Waals surface area contributed by atoms with Crippen LogP contribution in [0.15, 0.2) is 24.3 Å².